The summed E-state index contributed by atoms with van der Waals surface area (Å²) >= 11 is 0. The number of nitrogens with one attached hydrogen (secondary N) is 1. The number of methoxy groups -OCH3 is 2. The third kappa shape index (κ3) is 3.89. The Kier molecular flexibility index (Phi) is 5.35. The molecular weight excluding hydrogens is 346 g/mol. The summed E-state index contributed by atoms with van der Waals surface area (Å²) < 4.78 is 12.0. The molecule has 0 atom stereocenters. The zero-order valence-electron chi connectivity index (χ0n) is 15.7. The summed E-state index contributed by atoms with van der Waals surface area (Å²) in [5.41, 5.74) is 3.58. The lowest BCUT2D eigenvalue weighted by molar-refractivity contribution is 0.0946. The van der Waals surface area contributed by atoms with E-state index in [0.29, 0.717) is 22.9 Å². The lowest BCUT2D eigenvalue weighted by atomic mass is 10.1. The topological polar surface area (TPSA) is 91.2 Å². The highest BCUT2D eigenvalue weighted by molar-refractivity contribution is 5.97. The van der Waals surface area contributed by atoms with Gasteiger partial charge in [-0.3, -0.25) is 4.79 Å². The van der Waals surface area contributed by atoms with Crippen LogP contribution in [0.5, 0.6) is 11.5 Å². The predicted octanol–water partition coefficient (Wildman–Crippen LogP) is 2.23. The molecule has 0 bridgehead atoms. The first-order chi connectivity index (χ1) is 13.0. The fraction of sp³-hybridized carbons (Fsp3) is 0.263. The van der Waals surface area contributed by atoms with Gasteiger partial charge in [0, 0.05) is 6.07 Å². The van der Waals surface area contributed by atoms with Crippen LogP contribution < -0.4 is 14.8 Å². The molecule has 0 spiro atoms. The minimum Gasteiger partial charge on any atom is -0.497 e. The van der Waals surface area contributed by atoms with Crippen molar-refractivity contribution in [1.29, 1.82) is 0 Å². The molecular formula is C19H21N5O3. The number of benzene rings is 2. The van der Waals surface area contributed by atoms with Gasteiger partial charge in [-0.05, 0) is 59.7 Å². The number of nitrogens with zero attached hydrogens (tertiary/aromatic N) is 4. The van der Waals surface area contributed by atoms with E-state index in [2.05, 4.69) is 20.8 Å². The Morgan fingerprint density at radius 2 is 1.89 bits per heavy atom. The number of tetrazole rings is 1. The smallest absolute Gasteiger partial charge is 0.255 e. The SMILES string of the molecule is COc1ccc(C(=O)NCc2nnnn2-c2ccc(C)c(C)c2)c(OC)c1. The molecule has 140 valence electrons. The number of amides is 1. The Labute approximate surface area is 157 Å². The van der Waals surface area contributed by atoms with Crippen LogP contribution in [0, 0.1) is 13.8 Å². The maximum Gasteiger partial charge on any atom is 0.255 e. The van der Waals surface area contributed by atoms with Gasteiger partial charge in [-0.1, -0.05) is 6.07 Å². The Balaban J connectivity index is 1.77. The largest absolute Gasteiger partial charge is 0.497 e. The maximum absolute atomic E-state index is 12.6. The van der Waals surface area contributed by atoms with Crippen molar-refractivity contribution in [2.75, 3.05) is 14.2 Å². The summed E-state index contributed by atoms with van der Waals surface area (Å²) in [4.78, 5) is 12.6. The van der Waals surface area contributed by atoms with Crippen molar-refractivity contribution < 1.29 is 14.3 Å². The fourth-order valence-electron chi connectivity index (χ4n) is 2.61. The van der Waals surface area contributed by atoms with Crippen LogP contribution in [0.15, 0.2) is 36.4 Å². The Morgan fingerprint density at radius 1 is 1.07 bits per heavy atom. The number of ether oxygens (including phenoxy) is 2. The van der Waals surface area contributed by atoms with E-state index < -0.39 is 0 Å². The number of carbonyl (C=O) groups is 1. The molecule has 0 radical (unpaired) electrons. The van der Waals surface area contributed by atoms with E-state index in [1.165, 1.54) is 12.7 Å². The molecule has 0 aliphatic rings. The minimum atomic E-state index is -0.288. The van der Waals surface area contributed by atoms with E-state index in [0.717, 1.165) is 11.3 Å². The highest BCUT2D eigenvalue weighted by atomic mass is 16.5. The molecule has 0 aliphatic heterocycles. The average molecular weight is 367 g/mol. The number of rotatable bonds is 6. The van der Waals surface area contributed by atoms with Gasteiger partial charge in [-0.25, -0.2) is 0 Å². The molecule has 1 heterocycles. The summed E-state index contributed by atoms with van der Waals surface area (Å²) in [5.74, 6) is 1.28. The van der Waals surface area contributed by atoms with Crippen molar-refractivity contribution in [3.05, 3.63) is 58.9 Å². The Bertz CT molecular complexity index is 968. The quantitative estimate of drug-likeness (QED) is 0.718. The van der Waals surface area contributed by atoms with Gasteiger partial charge >= 0.3 is 0 Å². The van der Waals surface area contributed by atoms with Gasteiger partial charge in [0.25, 0.3) is 5.91 Å². The monoisotopic (exact) mass is 367 g/mol. The molecule has 1 N–H and O–H groups in total. The van der Waals surface area contributed by atoms with Crippen LogP contribution in [0.4, 0.5) is 0 Å². The van der Waals surface area contributed by atoms with E-state index in [-0.39, 0.29) is 12.5 Å². The van der Waals surface area contributed by atoms with Crippen molar-refractivity contribution in [2.24, 2.45) is 0 Å². The van der Waals surface area contributed by atoms with E-state index in [4.69, 9.17) is 9.47 Å². The standard InChI is InChI=1S/C19H21N5O3/c1-12-5-6-14(9-13(12)2)24-18(21-22-23-24)11-20-19(25)16-8-7-15(26-3)10-17(16)27-4/h5-10H,11H2,1-4H3,(H,20,25). The molecule has 0 saturated heterocycles. The minimum absolute atomic E-state index is 0.175. The van der Waals surface area contributed by atoms with Gasteiger partial charge in [0.05, 0.1) is 32.0 Å². The molecule has 8 heteroatoms. The summed E-state index contributed by atoms with van der Waals surface area (Å²) in [6.45, 7) is 4.25. The second kappa shape index (κ2) is 7.86. The van der Waals surface area contributed by atoms with E-state index in [9.17, 15) is 4.79 Å². The molecule has 27 heavy (non-hydrogen) atoms. The van der Waals surface area contributed by atoms with Gasteiger partial charge in [0.15, 0.2) is 5.82 Å². The molecule has 1 amide bonds. The van der Waals surface area contributed by atoms with Crippen molar-refractivity contribution in [3.63, 3.8) is 0 Å². The van der Waals surface area contributed by atoms with Crippen molar-refractivity contribution in [1.82, 2.24) is 25.5 Å². The molecule has 8 nitrogen and oxygen atoms in total. The predicted molar refractivity (Wildman–Crippen MR) is 99.3 cm³/mol. The van der Waals surface area contributed by atoms with Gasteiger partial charge < -0.3 is 14.8 Å². The van der Waals surface area contributed by atoms with Gasteiger partial charge in [0.1, 0.15) is 11.5 Å². The molecule has 3 aromatic rings. The number of hydrogen-bond acceptors (Lipinski definition) is 6. The zero-order valence-corrected chi connectivity index (χ0v) is 15.7. The van der Waals surface area contributed by atoms with E-state index >= 15 is 0 Å². The first-order valence-corrected chi connectivity index (χ1v) is 8.38. The first-order valence-electron chi connectivity index (χ1n) is 8.38. The van der Waals surface area contributed by atoms with Gasteiger partial charge in [0.2, 0.25) is 0 Å². The second-order valence-electron chi connectivity index (χ2n) is 6.02. The third-order valence-corrected chi connectivity index (χ3v) is 4.33. The Morgan fingerprint density at radius 3 is 2.59 bits per heavy atom. The summed E-state index contributed by atoms with van der Waals surface area (Å²) in [5, 5.41) is 14.6. The summed E-state index contributed by atoms with van der Waals surface area (Å²) in [6.07, 6.45) is 0. The number of hydrogen-bond donors (Lipinski definition) is 1. The van der Waals surface area contributed by atoms with Crippen LogP contribution in [0.3, 0.4) is 0 Å². The van der Waals surface area contributed by atoms with E-state index in [1.54, 1.807) is 30.0 Å². The summed E-state index contributed by atoms with van der Waals surface area (Å²) in [6, 6.07) is 11.0. The number of carbonyl (C=O) groups excluding carboxylic acids is 1. The molecule has 0 saturated carbocycles. The molecule has 0 aliphatic carbocycles. The highest BCUT2D eigenvalue weighted by Crippen LogP contribution is 2.24. The highest BCUT2D eigenvalue weighted by Gasteiger charge is 2.15. The molecule has 2 aromatic carbocycles. The molecule has 3 rings (SSSR count). The summed E-state index contributed by atoms with van der Waals surface area (Å²) in [7, 11) is 3.06. The van der Waals surface area contributed by atoms with Crippen LogP contribution in [-0.4, -0.2) is 40.3 Å². The lowest BCUT2D eigenvalue weighted by Gasteiger charge is -2.11. The van der Waals surface area contributed by atoms with Crippen LogP contribution in [0.2, 0.25) is 0 Å². The van der Waals surface area contributed by atoms with Crippen LogP contribution in [0.25, 0.3) is 5.69 Å². The van der Waals surface area contributed by atoms with Crippen LogP contribution >= 0.6 is 0 Å². The van der Waals surface area contributed by atoms with Crippen LogP contribution in [0.1, 0.15) is 27.3 Å². The molecule has 0 fully saturated rings. The number of aromatic nitrogens is 4. The zero-order chi connectivity index (χ0) is 19.4. The average Bonchev–Trinajstić information content (AvgIpc) is 3.16. The lowest BCUT2D eigenvalue weighted by Crippen LogP contribution is -2.25. The van der Waals surface area contributed by atoms with E-state index in [1.807, 2.05) is 32.0 Å². The van der Waals surface area contributed by atoms with Gasteiger partial charge in [-0.2, -0.15) is 4.68 Å². The van der Waals surface area contributed by atoms with Crippen molar-refractivity contribution in [2.45, 2.75) is 20.4 Å². The number of aryl methyl sites for hydroxylation is 2. The first kappa shape index (κ1) is 18.4. The normalized spacial score (nSPS) is 10.5. The van der Waals surface area contributed by atoms with Crippen molar-refractivity contribution >= 4 is 5.91 Å². The second-order valence-corrected chi connectivity index (χ2v) is 6.02. The van der Waals surface area contributed by atoms with Crippen molar-refractivity contribution in [3.8, 4) is 17.2 Å². The van der Waals surface area contributed by atoms with Crippen LogP contribution in [-0.2, 0) is 6.54 Å². The Hall–Kier alpha value is -3.42. The molecule has 0 unspecified atom stereocenters. The maximum atomic E-state index is 12.6. The van der Waals surface area contributed by atoms with Gasteiger partial charge in [-0.15, -0.1) is 5.10 Å². The third-order valence-electron chi connectivity index (χ3n) is 4.33. The fourth-order valence-corrected chi connectivity index (χ4v) is 2.61. The molecule has 1 aromatic heterocycles.